The van der Waals surface area contributed by atoms with Crippen LogP contribution in [0.5, 0.6) is 0 Å². The van der Waals surface area contributed by atoms with Crippen molar-refractivity contribution in [2.75, 3.05) is 18.6 Å². The van der Waals surface area contributed by atoms with Crippen molar-refractivity contribution in [1.82, 2.24) is 10.9 Å². The maximum Gasteiger partial charge on any atom is 0.284 e. The van der Waals surface area contributed by atoms with Gasteiger partial charge in [-0.2, -0.15) is 0 Å². The van der Waals surface area contributed by atoms with Crippen LogP contribution in [-0.2, 0) is 4.79 Å². The van der Waals surface area contributed by atoms with Gasteiger partial charge in [0.05, 0.1) is 30.3 Å². The number of hydrogen-bond acceptors (Lipinski definition) is 3. The molecule has 1 amide bonds. The first kappa shape index (κ1) is 27.7. The van der Waals surface area contributed by atoms with Crippen molar-refractivity contribution in [3.05, 3.63) is 63.1 Å². The summed E-state index contributed by atoms with van der Waals surface area (Å²) in [4.78, 5) is 13.1. The average Bonchev–Trinajstić information content (AvgIpc) is 3.13. The summed E-state index contributed by atoms with van der Waals surface area (Å²) < 4.78 is 0. The largest absolute Gasteiger partial charge is 0.298 e. The highest BCUT2D eigenvalue weighted by Crippen LogP contribution is 2.41. The average molecular weight is 515 g/mol. The number of unbranched alkanes of at least 4 members (excludes halogenated alkanes) is 2. The molecule has 4 atom stereocenters. The number of carbonyl (C=O) groups is 1. The molecule has 0 bridgehead atoms. The van der Waals surface area contributed by atoms with E-state index in [0.29, 0.717) is 15.1 Å². The molecule has 5 nitrogen and oxygen atoms in total. The Morgan fingerprint density at radius 3 is 2.30 bits per heavy atom. The first-order valence-corrected chi connectivity index (χ1v) is 12.8. The Bertz CT molecular complexity index is 894. The van der Waals surface area contributed by atoms with E-state index in [-0.39, 0.29) is 17.9 Å². The number of amides is 1. The second-order valence-corrected chi connectivity index (χ2v) is 9.43. The Balaban J connectivity index is 0.00000187. The molecule has 0 radical (unpaired) electrons. The molecule has 3 N–H and O–H groups in total. The van der Waals surface area contributed by atoms with Crippen molar-refractivity contribution in [1.29, 1.82) is 0 Å². The molecule has 0 saturated carbocycles. The van der Waals surface area contributed by atoms with Gasteiger partial charge in [0.2, 0.25) is 0 Å². The van der Waals surface area contributed by atoms with E-state index in [4.69, 9.17) is 34.8 Å². The lowest BCUT2D eigenvalue weighted by molar-refractivity contribution is -0.917. The van der Waals surface area contributed by atoms with Crippen molar-refractivity contribution >= 4 is 46.4 Å². The number of halogens is 3. The van der Waals surface area contributed by atoms with Gasteiger partial charge >= 0.3 is 0 Å². The number of quaternary nitrogens is 1. The lowest BCUT2D eigenvalue weighted by Gasteiger charge is -2.29. The third kappa shape index (κ3) is 7.24. The molecule has 182 valence electrons. The smallest absolute Gasteiger partial charge is 0.284 e. The van der Waals surface area contributed by atoms with Crippen molar-refractivity contribution in [2.24, 2.45) is 5.92 Å². The molecule has 1 fully saturated rings. The third-order valence-electron chi connectivity index (χ3n) is 5.74. The van der Waals surface area contributed by atoms with Gasteiger partial charge in [0, 0.05) is 16.0 Å². The molecule has 3 rings (SSSR count). The van der Waals surface area contributed by atoms with Gasteiger partial charge in [0.15, 0.2) is 0 Å². The topological polar surface area (TPSA) is 48.8 Å². The standard InChI is InChI=1S/C23H29Cl3N4O.C2H6/c1-4-5-6-13-29(3)28-23(31)21-15(2)22(16-7-9-17(24)10-8-16)30(27-21)20-12-11-18(25)14-19(20)26;1-2/h7-12,14-15,21-22,27H,4-6,13H2,1-3H3,(H,28,31);1-2H3/p+1/t15-,21?,22?;/m1./s1. The SMILES string of the molecule is CC.CCCCC[NH+](C)NC(=O)C1NN(c2ccc(Cl)cc2Cl)C(c2ccc(Cl)cc2)[C@@H]1C. The van der Waals surface area contributed by atoms with Gasteiger partial charge in [-0.3, -0.25) is 9.80 Å². The molecule has 1 aliphatic rings. The second kappa shape index (κ2) is 13.4. The first-order valence-electron chi connectivity index (χ1n) is 11.7. The Hall–Kier alpha value is -1.50. The normalized spacial score (nSPS) is 20.7. The van der Waals surface area contributed by atoms with Crippen LogP contribution in [0.1, 0.15) is 58.6 Å². The molecule has 8 heteroatoms. The highest BCUT2D eigenvalue weighted by Gasteiger charge is 2.44. The highest BCUT2D eigenvalue weighted by atomic mass is 35.5. The fourth-order valence-electron chi connectivity index (χ4n) is 4.06. The highest BCUT2D eigenvalue weighted by molar-refractivity contribution is 6.36. The number of hydrogen-bond donors (Lipinski definition) is 3. The molecular weight excluding hydrogens is 479 g/mol. The van der Waals surface area contributed by atoms with Gasteiger partial charge in [-0.05, 0) is 48.7 Å². The quantitative estimate of drug-likeness (QED) is 0.323. The Morgan fingerprint density at radius 2 is 1.70 bits per heavy atom. The van der Waals surface area contributed by atoms with E-state index in [9.17, 15) is 4.79 Å². The number of hydrazine groups is 1. The van der Waals surface area contributed by atoms with Gasteiger partial charge in [0.25, 0.3) is 5.91 Å². The van der Waals surface area contributed by atoms with E-state index >= 15 is 0 Å². The minimum atomic E-state index is -0.409. The number of nitrogens with zero attached hydrogens (tertiary/aromatic N) is 1. The van der Waals surface area contributed by atoms with Crippen molar-refractivity contribution in [3.8, 4) is 0 Å². The minimum Gasteiger partial charge on any atom is -0.298 e. The van der Waals surface area contributed by atoms with E-state index in [1.54, 1.807) is 12.1 Å². The zero-order chi connectivity index (χ0) is 24.5. The van der Waals surface area contributed by atoms with E-state index in [1.807, 2.05) is 56.2 Å². The summed E-state index contributed by atoms with van der Waals surface area (Å²) in [6, 6.07) is 12.6. The maximum atomic E-state index is 13.1. The predicted octanol–water partition coefficient (Wildman–Crippen LogP) is 5.48. The van der Waals surface area contributed by atoms with Crippen LogP contribution >= 0.6 is 34.8 Å². The number of rotatable bonds is 8. The van der Waals surface area contributed by atoms with Crippen LogP contribution in [0.3, 0.4) is 0 Å². The van der Waals surface area contributed by atoms with E-state index in [2.05, 4.69) is 24.7 Å². The fraction of sp³-hybridized carbons (Fsp3) is 0.480. The number of benzene rings is 2. The summed E-state index contributed by atoms with van der Waals surface area (Å²) in [5.41, 5.74) is 8.33. The zero-order valence-corrected chi connectivity index (χ0v) is 22.4. The van der Waals surface area contributed by atoms with Crippen LogP contribution in [0.25, 0.3) is 0 Å². The number of nitrogens with one attached hydrogen (secondary N) is 3. The number of anilines is 1. The van der Waals surface area contributed by atoms with Gasteiger partial charge < -0.3 is 0 Å². The van der Waals surface area contributed by atoms with Crippen molar-refractivity contribution in [2.45, 2.75) is 59.0 Å². The predicted molar refractivity (Wildman–Crippen MR) is 140 cm³/mol. The lowest BCUT2D eigenvalue weighted by Crippen LogP contribution is -3.16. The molecule has 1 heterocycles. The molecule has 33 heavy (non-hydrogen) atoms. The van der Waals surface area contributed by atoms with Crippen LogP contribution in [0, 0.1) is 5.92 Å². The van der Waals surface area contributed by atoms with Crippen LogP contribution in [0.15, 0.2) is 42.5 Å². The van der Waals surface area contributed by atoms with Gasteiger partial charge in [-0.1, -0.05) is 81.1 Å². The summed E-state index contributed by atoms with van der Waals surface area (Å²) >= 11 is 18.7. The van der Waals surface area contributed by atoms with Crippen LogP contribution in [0.4, 0.5) is 5.69 Å². The summed E-state index contributed by atoms with van der Waals surface area (Å²) in [5.74, 6) is -0.0515. The molecule has 2 aromatic rings. The van der Waals surface area contributed by atoms with Crippen LogP contribution < -0.4 is 20.9 Å². The molecule has 0 spiro atoms. The van der Waals surface area contributed by atoms with Gasteiger partial charge in [-0.25, -0.2) is 15.9 Å². The van der Waals surface area contributed by atoms with Crippen LogP contribution in [0.2, 0.25) is 15.1 Å². The van der Waals surface area contributed by atoms with Gasteiger partial charge in [0.1, 0.15) is 6.04 Å². The molecule has 0 aliphatic carbocycles. The summed E-state index contributed by atoms with van der Waals surface area (Å²) in [5, 5.41) is 4.73. The first-order chi connectivity index (χ1) is 15.8. The Labute approximate surface area is 213 Å². The summed E-state index contributed by atoms with van der Waals surface area (Å²) in [7, 11) is 1.98. The minimum absolute atomic E-state index is 0.0173. The van der Waals surface area contributed by atoms with Crippen LogP contribution in [-0.4, -0.2) is 25.5 Å². The van der Waals surface area contributed by atoms with E-state index in [1.165, 1.54) is 0 Å². The van der Waals surface area contributed by atoms with Crippen molar-refractivity contribution < 1.29 is 9.80 Å². The van der Waals surface area contributed by atoms with Crippen molar-refractivity contribution in [3.63, 3.8) is 0 Å². The Morgan fingerprint density at radius 1 is 1.06 bits per heavy atom. The molecule has 2 aromatic carbocycles. The monoisotopic (exact) mass is 513 g/mol. The fourth-order valence-corrected chi connectivity index (χ4v) is 4.69. The Kier molecular flexibility index (Phi) is 11.3. The lowest BCUT2D eigenvalue weighted by atomic mass is 9.90. The molecule has 3 unspecified atom stereocenters. The molecular formula is C25H36Cl3N4O+. The van der Waals surface area contributed by atoms with Gasteiger partial charge in [-0.15, -0.1) is 0 Å². The summed E-state index contributed by atoms with van der Waals surface area (Å²) in [6.07, 6.45) is 3.39. The molecule has 0 aromatic heterocycles. The van der Waals surface area contributed by atoms with E-state index < -0.39 is 6.04 Å². The molecule has 1 aliphatic heterocycles. The zero-order valence-electron chi connectivity index (χ0n) is 20.1. The molecule has 1 saturated heterocycles. The summed E-state index contributed by atoms with van der Waals surface area (Å²) in [6.45, 7) is 9.15. The van der Waals surface area contributed by atoms with E-state index in [0.717, 1.165) is 42.1 Å². The third-order valence-corrected chi connectivity index (χ3v) is 6.53. The second-order valence-electron chi connectivity index (χ2n) is 8.15. The number of carbonyl (C=O) groups excluding carboxylic acids is 1. The maximum absolute atomic E-state index is 13.1.